The molecule has 0 aromatic heterocycles. The molecule has 0 aliphatic heterocycles. The number of primary amides is 1. The monoisotopic (exact) mass is 254 g/mol. The van der Waals surface area contributed by atoms with Gasteiger partial charge < -0.3 is 20.9 Å². The lowest BCUT2D eigenvalue weighted by atomic mass is 10.1. The Balaban J connectivity index is 0. The first-order valence-electron chi connectivity index (χ1n) is 4.91. The van der Waals surface area contributed by atoms with Gasteiger partial charge in [0.2, 0.25) is 0 Å². The van der Waals surface area contributed by atoms with E-state index in [1.54, 1.807) is 27.7 Å². The molecule has 0 unspecified atom stereocenters. The summed E-state index contributed by atoms with van der Waals surface area (Å²) in [7, 11) is 0. The molecule has 0 aromatic carbocycles. The Hall–Kier alpha value is -2.34. The molecule has 0 heterocycles. The van der Waals surface area contributed by atoms with E-state index in [-0.39, 0.29) is 0 Å². The Kier molecular flexibility index (Phi) is 7.09. The van der Waals surface area contributed by atoms with Gasteiger partial charge in [-0.1, -0.05) is 11.8 Å². The van der Waals surface area contributed by atoms with Crippen LogP contribution in [0, 0.1) is 24.7 Å². The van der Waals surface area contributed by atoms with Crippen LogP contribution in [0.4, 0.5) is 9.59 Å². The Bertz CT molecular complexity index is 348. The van der Waals surface area contributed by atoms with E-state index in [0.717, 1.165) is 0 Å². The van der Waals surface area contributed by atoms with Gasteiger partial charge in [-0.3, -0.25) is 0 Å². The summed E-state index contributed by atoms with van der Waals surface area (Å²) in [5, 5.41) is 10.3. The van der Waals surface area contributed by atoms with Gasteiger partial charge in [0.05, 0.1) is 5.54 Å². The van der Waals surface area contributed by atoms with Crippen LogP contribution in [-0.2, 0) is 4.74 Å². The summed E-state index contributed by atoms with van der Waals surface area (Å²) in [5.41, 5.74) is 3.06. The smallest absolute Gasteiger partial charge is 0.406 e. The minimum absolute atomic E-state index is 0.758. The Labute approximate surface area is 107 Å². The second kappa shape index (κ2) is 7.08. The van der Waals surface area contributed by atoms with E-state index >= 15 is 0 Å². The van der Waals surface area contributed by atoms with Crippen LogP contribution in [0.5, 0.6) is 0 Å². The van der Waals surface area contributed by atoms with Crippen molar-refractivity contribution in [3.63, 3.8) is 0 Å². The van der Waals surface area contributed by atoms with Crippen molar-refractivity contribution in [2.24, 2.45) is 5.73 Å². The Morgan fingerprint density at radius 1 is 1.22 bits per heavy atom. The largest absolute Gasteiger partial charge is 0.465 e. The number of nitrogens with two attached hydrogens (primary N) is 1. The van der Waals surface area contributed by atoms with E-state index in [1.165, 1.54) is 0 Å². The van der Waals surface area contributed by atoms with Crippen LogP contribution < -0.4 is 11.1 Å². The zero-order valence-corrected chi connectivity index (χ0v) is 10.9. The molecule has 0 radical (unpaired) electrons. The summed E-state index contributed by atoms with van der Waals surface area (Å²) >= 11 is 0. The first kappa shape index (κ1) is 18.0. The van der Waals surface area contributed by atoms with E-state index in [1.807, 2.05) is 0 Å². The summed E-state index contributed by atoms with van der Waals surface area (Å²) in [6, 6.07) is 0. The predicted molar refractivity (Wildman–Crippen MR) is 67.7 cm³/mol. The van der Waals surface area contributed by atoms with Gasteiger partial charge >= 0.3 is 12.2 Å². The van der Waals surface area contributed by atoms with Gasteiger partial charge in [-0.05, 0) is 27.7 Å². The molecular formula is C12H18N2O4. The standard InChI is InChI=1S/2C6H9NO2/c1-4-6(2,3)9-5(7)8;1-4-6(2,3)7-5(8)9/h1H,2-3H3,(H2,7,8);1,7H,2-3H3,(H,8,9). The number of terminal acetylenes is 2. The third-order valence-corrected chi connectivity index (χ3v) is 1.48. The van der Waals surface area contributed by atoms with Crippen molar-refractivity contribution in [1.29, 1.82) is 0 Å². The van der Waals surface area contributed by atoms with Gasteiger partial charge in [0.15, 0.2) is 5.60 Å². The fraction of sp³-hybridized carbons (Fsp3) is 0.500. The molecule has 0 aliphatic carbocycles. The van der Waals surface area contributed by atoms with Gasteiger partial charge in [-0.2, -0.15) is 0 Å². The quantitative estimate of drug-likeness (QED) is 0.643. The van der Waals surface area contributed by atoms with Crippen LogP contribution in [-0.4, -0.2) is 28.4 Å². The highest BCUT2D eigenvalue weighted by Crippen LogP contribution is 2.05. The SMILES string of the molecule is C#CC(C)(C)NC(=O)O.C#CC(C)(C)OC(N)=O. The number of hydrogen-bond donors (Lipinski definition) is 3. The van der Waals surface area contributed by atoms with Crippen molar-refractivity contribution in [3.8, 4) is 24.7 Å². The number of amides is 2. The molecule has 0 spiro atoms. The molecule has 6 heteroatoms. The molecule has 0 fully saturated rings. The van der Waals surface area contributed by atoms with E-state index in [2.05, 4.69) is 21.9 Å². The number of hydrogen-bond acceptors (Lipinski definition) is 3. The van der Waals surface area contributed by atoms with E-state index in [9.17, 15) is 9.59 Å². The number of carboxylic acid groups (broad SMARTS) is 1. The van der Waals surface area contributed by atoms with Crippen LogP contribution >= 0.6 is 0 Å². The molecule has 0 saturated heterocycles. The first-order chi connectivity index (χ1) is 7.95. The minimum atomic E-state index is -1.10. The highest BCUT2D eigenvalue weighted by Gasteiger charge is 2.16. The van der Waals surface area contributed by atoms with Gasteiger partial charge in [0.25, 0.3) is 0 Å². The highest BCUT2D eigenvalue weighted by molar-refractivity contribution is 5.66. The second-order valence-corrected chi connectivity index (χ2v) is 4.28. The molecule has 0 rings (SSSR count). The third kappa shape index (κ3) is 11.7. The number of nitrogens with one attached hydrogen (secondary N) is 1. The van der Waals surface area contributed by atoms with Crippen LogP contribution in [0.25, 0.3) is 0 Å². The fourth-order valence-corrected chi connectivity index (χ4v) is 0.584. The Morgan fingerprint density at radius 3 is 1.78 bits per heavy atom. The van der Waals surface area contributed by atoms with Crippen molar-refractivity contribution in [1.82, 2.24) is 5.32 Å². The number of carbonyl (C=O) groups excluding carboxylic acids is 1. The van der Waals surface area contributed by atoms with E-state index in [0.29, 0.717) is 0 Å². The van der Waals surface area contributed by atoms with Gasteiger partial charge in [-0.15, -0.1) is 12.8 Å². The maximum Gasteiger partial charge on any atom is 0.406 e. The summed E-state index contributed by atoms with van der Waals surface area (Å²) < 4.78 is 4.49. The average molecular weight is 254 g/mol. The van der Waals surface area contributed by atoms with Crippen LogP contribution in [0.15, 0.2) is 0 Å². The predicted octanol–water partition coefficient (Wildman–Crippen LogP) is 1.16. The summed E-state index contributed by atoms with van der Waals surface area (Å²) in [6.07, 6.45) is 8.00. The van der Waals surface area contributed by atoms with Crippen molar-refractivity contribution < 1.29 is 19.4 Å². The summed E-state index contributed by atoms with van der Waals surface area (Å²) in [6.45, 7) is 6.39. The van der Waals surface area contributed by atoms with Gasteiger partial charge in [-0.25, -0.2) is 9.59 Å². The van der Waals surface area contributed by atoms with Crippen molar-refractivity contribution in [2.75, 3.05) is 0 Å². The lowest BCUT2D eigenvalue weighted by Gasteiger charge is -2.15. The number of ether oxygens (including phenoxy) is 1. The molecule has 2 amide bonds. The maximum absolute atomic E-state index is 10.1. The molecule has 0 aromatic rings. The highest BCUT2D eigenvalue weighted by atomic mass is 16.6. The second-order valence-electron chi connectivity index (χ2n) is 4.28. The molecule has 4 N–H and O–H groups in total. The van der Waals surface area contributed by atoms with Gasteiger partial charge in [0.1, 0.15) is 0 Å². The molecule has 0 atom stereocenters. The number of rotatable bonds is 2. The average Bonchev–Trinajstić information content (AvgIpc) is 2.15. The summed E-state index contributed by atoms with van der Waals surface area (Å²) in [5.74, 6) is 4.53. The zero-order valence-electron chi connectivity index (χ0n) is 10.9. The Morgan fingerprint density at radius 2 is 1.67 bits per heavy atom. The third-order valence-electron chi connectivity index (χ3n) is 1.48. The van der Waals surface area contributed by atoms with Crippen molar-refractivity contribution in [3.05, 3.63) is 0 Å². The first-order valence-corrected chi connectivity index (χ1v) is 4.91. The normalized spacial score (nSPS) is 9.89. The zero-order chi connectivity index (χ0) is 15.0. The molecule has 0 bridgehead atoms. The van der Waals surface area contributed by atoms with E-state index < -0.39 is 23.3 Å². The molecule has 18 heavy (non-hydrogen) atoms. The van der Waals surface area contributed by atoms with Crippen molar-refractivity contribution >= 4 is 12.2 Å². The topological polar surface area (TPSA) is 102 Å². The minimum Gasteiger partial charge on any atom is -0.465 e. The number of carbonyl (C=O) groups is 2. The molecule has 0 saturated carbocycles. The lowest BCUT2D eigenvalue weighted by molar-refractivity contribution is 0.0866. The van der Waals surface area contributed by atoms with Gasteiger partial charge in [0, 0.05) is 0 Å². The van der Waals surface area contributed by atoms with Crippen LogP contribution in [0.2, 0.25) is 0 Å². The molecular weight excluding hydrogens is 236 g/mol. The maximum atomic E-state index is 10.1. The summed E-state index contributed by atoms with van der Waals surface area (Å²) in [4.78, 5) is 20.0. The van der Waals surface area contributed by atoms with Crippen molar-refractivity contribution in [2.45, 2.75) is 38.8 Å². The fourth-order valence-electron chi connectivity index (χ4n) is 0.584. The van der Waals surface area contributed by atoms with Crippen LogP contribution in [0.3, 0.4) is 0 Å². The molecule has 6 nitrogen and oxygen atoms in total. The molecule has 0 aliphatic rings. The lowest BCUT2D eigenvalue weighted by Crippen LogP contribution is -2.41. The van der Waals surface area contributed by atoms with E-state index in [4.69, 9.17) is 23.7 Å². The molecule has 100 valence electrons. The van der Waals surface area contributed by atoms with Crippen LogP contribution in [0.1, 0.15) is 27.7 Å².